The maximum Gasteiger partial charge on any atom is 0.191 e. The molecule has 1 unspecified atom stereocenters. The number of halogens is 1. The summed E-state index contributed by atoms with van der Waals surface area (Å²) in [6, 6.07) is 8.18. The van der Waals surface area contributed by atoms with Crippen molar-refractivity contribution in [3.8, 4) is 5.75 Å². The van der Waals surface area contributed by atoms with Crippen LogP contribution < -0.4 is 15.4 Å². The topological polar surface area (TPSA) is 65.9 Å². The molecule has 1 saturated carbocycles. The predicted molar refractivity (Wildman–Crippen MR) is 128 cm³/mol. The summed E-state index contributed by atoms with van der Waals surface area (Å²) >= 11 is 0. The molecule has 0 aliphatic heterocycles. The van der Waals surface area contributed by atoms with Gasteiger partial charge in [0.1, 0.15) is 5.75 Å². The van der Waals surface area contributed by atoms with Gasteiger partial charge in [-0.15, -0.1) is 24.0 Å². The second-order valence-corrected chi connectivity index (χ2v) is 7.75. The highest BCUT2D eigenvalue weighted by molar-refractivity contribution is 14.0. The molecule has 3 N–H and O–H groups in total. The maximum atomic E-state index is 9.51. The minimum absolute atomic E-state index is 0. The van der Waals surface area contributed by atoms with Crippen LogP contribution in [0.4, 0.5) is 0 Å². The molecule has 1 fully saturated rings. The minimum Gasteiger partial charge on any atom is -0.496 e. The van der Waals surface area contributed by atoms with Crippen molar-refractivity contribution in [3.05, 3.63) is 29.8 Å². The summed E-state index contributed by atoms with van der Waals surface area (Å²) in [5.74, 6) is 2.10. The largest absolute Gasteiger partial charge is 0.496 e. The number of nitrogens with one attached hydrogen (secondary N) is 2. The van der Waals surface area contributed by atoms with Gasteiger partial charge < -0.3 is 20.5 Å². The van der Waals surface area contributed by atoms with Crippen LogP contribution in [0.3, 0.4) is 0 Å². The van der Waals surface area contributed by atoms with E-state index in [4.69, 9.17) is 9.73 Å². The molecule has 0 aromatic heterocycles. The zero-order chi connectivity index (χ0) is 19.5. The van der Waals surface area contributed by atoms with Gasteiger partial charge >= 0.3 is 0 Å². The number of aliphatic hydroxyl groups is 1. The van der Waals surface area contributed by atoms with Gasteiger partial charge in [0.25, 0.3) is 0 Å². The Bertz CT molecular complexity index is 583. The van der Waals surface area contributed by atoms with Gasteiger partial charge in [0.2, 0.25) is 0 Å². The number of aliphatic hydroxyl groups excluding tert-OH is 1. The van der Waals surface area contributed by atoms with Crippen LogP contribution in [-0.4, -0.2) is 44.4 Å². The van der Waals surface area contributed by atoms with E-state index in [1.54, 1.807) is 7.11 Å². The first-order valence-electron chi connectivity index (χ1n) is 10.4. The maximum absolute atomic E-state index is 9.51. The highest BCUT2D eigenvalue weighted by atomic mass is 127. The van der Waals surface area contributed by atoms with E-state index >= 15 is 0 Å². The first-order chi connectivity index (χ1) is 13.1. The molecule has 0 bridgehead atoms. The number of nitrogens with zero attached hydrogens (tertiary/aromatic N) is 1. The molecule has 160 valence electrons. The molecule has 1 aliphatic rings. The van der Waals surface area contributed by atoms with Gasteiger partial charge in [0.15, 0.2) is 5.96 Å². The van der Waals surface area contributed by atoms with Crippen molar-refractivity contribution >= 4 is 29.9 Å². The van der Waals surface area contributed by atoms with E-state index in [9.17, 15) is 5.11 Å². The summed E-state index contributed by atoms with van der Waals surface area (Å²) in [4.78, 5) is 4.89. The second kappa shape index (κ2) is 13.2. The molecule has 0 heterocycles. The van der Waals surface area contributed by atoms with Gasteiger partial charge in [-0.2, -0.15) is 0 Å². The highest BCUT2D eigenvalue weighted by Crippen LogP contribution is 2.39. The summed E-state index contributed by atoms with van der Waals surface area (Å²) in [5.41, 5.74) is 1.37. The monoisotopic (exact) mass is 503 g/mol. The Hall–Kier alpha value is -1.02. The number of hydrogen-bond acceptors (Lipinski definition) is 3. The van der Waals surface area contributed by atoms with Crippen molar-refractivity contribution in [2.75, 3.05) is 33.4 Å². The molecule has 0 saturated heterocycles. The van der Waals surface area contributed by atoms with Gasteiger partial charge in [0, 0.05) is 32.2 Å². The van der Waals surface area contributed by atoms with Crippen LogP contribution in [0.1, 0.15) is 63.9 Å². The number of para-hydroxylation sites is 1. The Kier molecular flexibility index (Phi) is 11.8. The Labute approximate surface area is 187 Å². The lowest BCUT2D eigenvalue weighted by Gasteiger charge is -2.35. The zero-order valence-electron chi connectivity index (χ0n) is 17.7. The fourth-order valence-electron chi connectivity index (χ4n) is 4.05. The molecule has 1 aliphatic carbocycles. The highest BCUT2D eigenvalue weighted by Gasteiger charge is 2.31. The standard InChI is InChI=1S/C22H37N3O2.HI/c1-4-23-21(25-17-22(14-15-26)12-8-5-9-13-22)24-16-18(2)19-10-6-7-11-20(19)27-3;/h6-7,10-11,18,26H,4-5,8-9,12-17H2,1-3H3,(H2,23,24,25);1H. The van der Waals surface area contributed by atoms with Gasteiger partial charge in [-0.1, -0.05) is 44.4 Å². The smallest absolute Gasteiger partial charge is 0.191 e. The summed E-state index contributed by atoms with van der Waals surface area (Å²) in [7, 11) is 1.72. The zero-order valence-corrected chi connectivity index (χ0v) is 20.0. The van der Waals surface area contributed by atoms with Crippen molar-refractivity contribution in [2.24, 2.45) is 10.4 Å². The third kappa shape index (κ3) is 7.43. The molecule has 0 radical (unpaired) electrons. The normalized spacial score (nSPS) is 17.4. The van der Waals surface area contributed by atoms with Gasteiger partial charge in [0.05, 0.1) is 7.11 Å². The van der Waals surface area contributed by atoms with Crippen LogP contribution >= 0.6 is 24.0 Å². The van der Waals surface area contributed by atoms with Crippen molar-refractivity contribution in [3.63, 3.8) is 0 Å². The van der Waals surface area contributed by atoms with Crippen LogP contribution in [0.25, 0.3) is 0 Å². The van der Waals surface area contributed by atoms with Crippen LogP contribution in [0.15, 0.2) is 29.3 Å². The molecule has 1 atom stereocenters. The van der Waals surface area contributed by atoms with E-state index in [0.717, 1.165) is 37.8 Å². The fraction of sp³-hybridized carbons (Fsp3) is 0.682. The Morgan fingerprint density at radius 2 is 1.93 bits per heavy atom. The number of aliphatic imine (C=N–C) groups is 1. The molecule has 0 spiro atoms. The summed E-state index contributed by atoms with van der Waals surface area (Å²) in [6.07, 6.45) is 7.02. The fourth-order valence-corrected chi connectivity index (χ4v) is 4.05. The summed E-state index contributed by atoms with van der Waals surface area (Å²) < 4.78 is 5.49. The van der Waals surface area contributed by atoms with Crippen molar-refractivity contribution in [1.29, 1.82) is 0 Å². The third-order valence-electron chi connectivity index (χ3n) is 5.72. The molecule has 5 nitrogen and oxygen atoms in total. The average molecular weight is 503 g/mol. The first kappa shape index (κ1) is 25.0. The number of rotatable bonds is 9. The second-order valence-electron chi connectivity index (χ2n) is 7.75. The minimum atomic E-state index is 0. The lowest BCUT2D eigenvalue weighted by atomic mass is 9.72. The average Bonchev–Trinajstić information content (AvgIpc) is 2.70. The number of methoxy groups -OCH3 is 1. The molecular formula is C22H38IN3O2. The van der Waals surface area contributed by atoms with Gasteiger partial charge in [-0.25, -0.2) is 0 Å². The molecule has 1 aromatic carbocycles. The summed E-state index contributed by atoms with van der Waals surface area (Å²) in [6.45, 7) is 6.95. The van der Waals surface area contributed by atoms with Crippen LogP contribution in [0.2, 0.25) is 0 Å². The Balaban J connectivity index is 0.00000392. The number of benzene rings is 1. The molecule has 2 rings (SSSR count). The first-order valence-corrected chi connectivity index (χ1v) is 10.4. The lowest BCUT2D eigenvalue weighted by Crippen LogP contribution is -2.40. The lowest BCUT2D eigenvalue weighted by molar-refractivity contribution is 0.137. The summed E-state index contributed by atoms with van der Waals surface area (Å²) in [5, 5.41) is 16.4. The van der Waals surface area contributed by atoms with Crippen LogP contribution in [0, 0.1) is 5.41 Å². The van der Waals surface area contributed by atoms with Crippen molar-refractivity contribution in [2.45, 2.75) is 58.3 Å². The third-order valence-corrected chi connectivity index (χ3v) is 5.72. The number of ether oxygens (including phenoxy) is 1. The van der Waals surface area contributed by atoms with Crippen LogP contribution in [0.5, 0.6) is 5.75 Å². The number of guanidine groups is 1. The van der Waals surface area contributed by atoms with Crippen molar-refractivity contribution < 1.29 is 9.84 Å². The number of hydrogen-bond donors (Lipinski definition) is 3. The van der Waals surface area contributed by atoms with E-state index < -0.39 is 0 Å². The van der Waals surface area contributed by atoms with E-state index in [-0.39, 0.29) is 36.0 Å². The Morgan fingerprint density at radius 3 is 2.57 bits per heavy atom. The van der Waals surface area contributed by atoms with Gasteiger partial charge in [-0.3, -0.25) is 4.99 Å². The predicted octanol–water partition coefficient (Wildman–Crippen LogP) is 4.30. The SMILES string of the molecule is CCNC(=NCC1(CCO)CCCCC1)NCC(C)c1ccccc1OC.I. The molecule has 28 heavy (non-hydrogen) atoms. The quantitative estimate of drug-likeness (QED) is 0.267. The molecule has 0 amide bonds. The van der Waals surface area contributed by atoms with Gasteiger partial charge in [-0.05, 0) is 43.2 Å². The van der Waals surface area contributed by atoms with Crippen LogP contribution in [-0.2, 0) is 0 Å². The molecule has 6 heteroatoms. The van der Waals surface area contributed by atoms with E-state index in [1.165, 1.54) is 37.7 Å². The molecule has 1 aromatic rings. The Morgan fingerprint density at radius 1 is 1.21 bits per heavy atom. The van der Waals surface area contributed by atoms with Crippen molar-refractivity contribution in [1.82, 2.24) is 10.6 Å². The van der Waals surface area contributed by atoms with E-state index in [1.807, 2.05) is 12.1 Å². The van der Waals surface area contributed by atoms with E-state index in [0.29, 0.717) is 5.92 Å². The molecular weight excluding hydrogens is 465 g/mol. The van der Waals surface area contributed by atoms with E-state index in [2.05, 4.69) is 36.6 Å².